The Morgan fingerprint density at radius 3 is 2.64 bits per heavy atom. The number of nitrogens with zero attached hydrogens (tertiary/aromatic N) is 3. The summed E-state index contributed by atoms with van der Waals surface area (Å²) in [5, 5.41) is 10.6. The summed E-state index contributed by atoms with van der Waals surface area (Å²) >= 11 is 0. The van der Waals surface area contributed by atoms with Gasteiger partial charge in [-0.15, -0.1) is 0 Å². The maximum Gasteiger partial charge on any atom is 0.0735 e. The monoisotopic (exact) mass is 187 g/mol. The Morgan fingerprint density at radius 1 is 1.14 bits per heavy atom. The van der Waals surface area contributed by atoms with Crippen LogP contribution in [0.5, 0.6) is 0 Å². The van der Waals surface area contributed by atoms with E-state index in [1.54, 1.807) is 6.20 Å². The first-order valence-corrected chi connectivity index (χ1v) is 4.77. The lowest BCUT2D eigenvalue weighted by molar-refractivity contribution is 0.792. The Labute approximate surface area is 83.2 Å². The lowest BCUT2D eigenvalue weighted by Crippen LogP contribution is -1.99. The summed E-state index contributed by atoms with van der Waals surface area (Å²) in [5.41, 5.74) is 1.99. The van der Waals surface area contributed by atoms with Gasteiger partial charge in [-0.3, -0.25) is 4.98 Å². The summed E-state index contributed by atoms with van der Waals surface area (Å²) in [5.74, 6) is 0.396. The molecule has 0 bridgehead atoms. The van der Waals surface area contributed by atoms with Gasteiger partial charge in [0.1, 0.15) is 0 Å². The van der Waals surface area contributed by atoms with E-state index in [9.17, 15) is 0 Å². The van der Waals surface area contributed by atoms with Crippen LogP contribution >= 0.6 is 0 Å². The number of aromatic nitrogens is 3. The maximum atomic E-state index is 4.23. The van der Waals surface area contributed by atoms with Crippen molar-refractivity contribution in [3.8, 4) is 0 Å². The number of aryl methyl sites for hydroxylation is 1. The smallest absolute Gasteiger partial charge is 0.0735 e. The quantitative estimate of drug-likeness (QED) is 0.688. The molecule has 0 unspecified atom stereocenters. The van der Waals surface area contributed by atoms with Crippen molar-refractivity contribution >= 4 is 10.8 Å². The van der Waals surface area contributed by atoms with Crippen molar-refractivity contribution in [2.45, 2.75) is 26.7 Å². The highest BCUT2D eigenvalue weighted by Gasteiger charge is 2.08. The lowest BCUT2D eigenvalue weighted by Gasteiger charge is -2.08. The molecule has 2 aromatic rings. The fourth-order valence-corrected chi connectivity index (χ4v) is 1.57. The molecule has 3 nitrogen and oxygen atoms in total. The number of hydrogen-bond acceptors (Lipinski definition) is 3. The largest absolute Gasteiger partial charge is 0.264 e. The average molecular weight is 187 g/mol. The van der Waals surface area contributed by atoms with E-state index >= 15 is 0 Å². The van der Waals surface area contributed by atoms with Crippen LogP contribution in [0.4, 0.5) is 0 Å². The van der Waals surface area contributed by atoms with E-state index in [1.165, 1.54) is 5.39 Å². The molecule has 2 aromatic heterocycles. The van der Waals surface area contributed by atoms with Crippen molar-refractivity contribution in [2.24, 2.45) is 0 Å². The first-order chi connectivity index (χ1) is 6.70. The van der Waals surface area contributed by atoms with Crippen LogP contribution in [0, 0.1) is 6.92 Å². The van der Waals surface area contributed by atoms with Gasteiger partial charge in [-0.25, -0.2) is 0 Å². The molecule has 0 saturated heterocycles. The van der Waals surface area contributed by atoms with Gasteiger partial charge in [-0.1, -0.05) is 13.8 Å². The highest BCUT2D eigenvalue weighted by Crippen LogP contribution is 2.22. The summed E-state index contributed by atoms with van der Waals surface area (Å²) < 4.78 is 0. The van der Waals surface area contributed by atoms with Crippen LogP contribution in [0.2, 0.25) is 0 Å². The molecule has 0 N–H and O–H groups in total. The number of pyridine rings is 1. The van der Waals surface area contributed by atoms with E-state index in [0.717, 1.165) is 16.8 Å². The molecule has 72 valence electrons. The van der Waals surface area contributed by atoms with Gasteiger partial charge in [-0.05, 0) is 18.9 Å². The molecule has 0 aliphatic heterocycles. The van der Waals surface area contributed by atoms with Crippen molar-refractivity contribution in [3.63, 3.8) is 0 Å². The van der Waals surface area contributed by atoms with Crippen LogP contribution in [-0.2, 0) is 0 Å². The van der Waals surface area contributed by atoms with E-state index in [0.29, 0.717) is 5.92 Å². The minimum atomic E-state index is 0.396. The van der Waals surface area contributed by atoms with Crippen LogP contribution in [0.15, 0.2) is 18.5 Å². The number of rotatable bonds is 1. The lowest BCUT2D eigenvalue weighted by atomic mass is 10.0. The minimum Gasteiger partial charge on any atom is -0.264 e. The molecular formula is C11H13N3. The van der Waals surface area contributed by atoms with Crippen LogP contribution in [0.3, 0.4) is 0 Å². The third kappa shape index (κ3) is 1.35. The van der Waals surface area contributed by atoms with Gasteiger partial charge < -0.3 is 0 Å². The fraction of sp³-hybridized carbons (Fsp3) is 0.364. The standard InChI is InChI=1S/C11H13N3/c1-7(2)11-9-4-5-12-6-10(9)8(3)13-14-11/h4-7H,1-3H3. The van der Waals surface area contributed by atoms with Gasteiger partial charge in [0, 0.05) is 23.2 Å². The van der Waals surface area contributed by atoms with Crippen molar-refractivity contribution in [1.82, 2.24) is 15.2 Å². The Balaban J connectivity index is 2.82. The molecule has 0 fully saturated rings. The fourth-order valence-electron chi connectivity index (χ4n) is 1.57. The molecule has 0 radical (unpaired) electrons. The molecule has 0 spiro atoms. The predicted octanol–water partition coefficient (Wildman–Crippen LogP) is 2.46. The summed E-state index contributed by atoms with van der Waals surface area (Å²) in [6.45, 7) is 6.21. The SMILES string of the molecule is Cc1nnc(C(C)C)c2ccncc12. The first-order valence-electron chi connectivity index (χ1n) is 4.77. The van der Waals surface area contributed by atoms with Gasteiger partial charge in [0.25, 0.3) is 0 Å². The molecule has 2 heterocycles. The zero-order valence-corrected chi connectivity index (χ0v) is 8.65. The third-order valence-electron chi connectivity index (χ3n) is 2.34. The Kier molecular flexibility index (Phi) is 2.15. The molecule has 3 heteroatoms. The van der Waals surface area contributed by atoms with Gasteiger partial charge in [-0.2, -0.15) is 10.2 Å². The Bertz CT molecular complexity index is 463. The third-order valence-corrected chi connectivity index (χ3v) is 2.34. The second kappa shape index (κ2) is 3.33. The summed E-state index contributed by atoms with van der Waals surface area (Å²) in [7, 11) is 0. The summed E-state index contributed by atoms with van der Waals surface area (Å²) in [6, 6.07) is 2.01. The average Bonchev–Trinajstić information content (AvgIpc) is 2.18. The maximum absolute atomic E-state index is 4.23. The second-order valence-corrected chi connectivity index (χ2v) is 3.75. The molecule has 0 atom stereocenters. The highest BCUT2D eigenvalue weighted by atomic mass is 15.1. The highest BCUT2D eigenvalue weighted by molar-refractivity contribution is 5.85. The minimum absolute atomic E-state index is 0.396. The molecule has 2 rings (SSSR count). The number of fused-ring (bicyclic) bond motifs is 1. The molecular weight excluding hydrogens is 174 g/mol. The topological polar surface area (TPSA) is 38.7 Å². The van der Waals surface area contributed by atoms with Gasteiger partial charge in [0.05, 0.1) is 11.4 Å². The zero-order chi connectivity index (χ0) is 10.1. The Hall–Kier alpha value is -1.51. The zero-order valence-electron chi connectivity index (χ0n) is 8.65. The predicted molar refractivity (Wildman–Crippen MR) is 56.2 cm³/mol. The van der Waals surface area contributed by atoms with E-state index in [-0.39, 0.29) is 0 Å². The molecule has 14 heavy (non-hydrogen) atoms. The summed E-state index contributed by atoms with van der Waals surface area (Å²) in [4.78, 5) is 4.11. The van der Waals surface area contributed by atoms with E-state index in [1.807, 2.05) is 19.2 Å². The van der Waals surface area contributed by atoms with Crippen LogP contribution in [0.25, 0.3) is 10.8 Å². The van der Waals surface area contributed by atoms with E-state index < -0.39 is 0 Å². The van der Waals surface area contributed by atoms with Crippen molar-refractivity contribution in [1.29, 1.82) is 0 Å². The molecule has 0 aliphatic rings. The second-order valence-electron chi connectivity index (χ2n) is 3.75. The summed E-state index contributed by atoms with van der Waals surface area (Å²) in [6.07, 6.45) is 3.65. The number of hydrogen-bond donors (Lipinski definition) is 0. The van der Waals surface area contributed by atoms with E-state index in [4.69, 9.17) is 0 Å². The van der Waals surface area contributed by atoms with Crippen LogP contribution < -0.4 is 0 Å². The molecule has 0 saturated carbocycles. The first kappa shape index (κ1) is 9.06. The molecule has 0 amide bonds. The van der Waals surface area contributed by atoms with Gasteiger partial charge in [0.15, 0.2) is 0 Å². The normalized spacial score (nSPS) is 11.1. The molecule has 0 aromatic carbocycles. The van der Waals surface area contributed by atoms with Crippen LogP contribution in [-0.4, -0.2) is 15.2 Å². The molecule has 0 aliphatic carbocycles. The van der Waals surface area contributed by atoms with Crippen molar-refractivity contribution in [3.05, 3.63) is 29.8 Å². The Morgan fingerprint density at radius 2 is 1.93 bits per heavy atom. The van der Waals surface area contributed by atoms with Gasteiger partial charge in [0.2, 0.25) is 0 Å². The van der Waals surface area contributed by atoms with Gasteiger partial charge >= 0.3 is 0 Å². The van der Waals surface area contributed by atoms with Crippen molar-refractivity contribution < 1.29 is 0 Å². The van der Waals surface area contributed by atoms with E-state index in [2.05, 4.69) is 29.0 Å². The van der Waals surface area contributed by atoms with Crippen molar-refractivity contribution in [2.75, 3.05) is 0 Å². The van der Waals surface area contributed by atoms with Crippen LogP contribution in [0.1, 0.15) is 31.2 Å².